The molecule has 1 aromatic heterocycles. The number of oxime groups is 1. The van der Waals surface area contributed by atoms with E-state index in [9.17, 15) is 9.18 Å². The molecular weight excluding hydrogens is 491 g/mol. The Morgan fingerprint density at radius 2 is 1.92 bits per heavy atom. The van der Waals surface area contributed by atoms with E-state index in [0.717, 1.165) is 18.8 Å². The van der Waals surface area contributed by atoms with Crippen molar-refractivity contribution < 1.29 is 18.8 Å². The van der Waals surface area contributed by atoms with Gasteiger partial charge in [-0.1, -0.05) is 53.7 Å². The second-order valence-corrected chi connectivity index (χ2v) is 8.74. The fourth-order valence-electron chi connectivity index (χ4n) is 3.73. The third-order valence-electron chi connectivity index (χ3n) is 5.71. The highest BCUT2D eigenvalue weighted by atomic mass is 19.1. The number of rotatable bonds is 10. The van der Waals surface area contributed by atoms with Crippen molar-refractivity contribution in [2.75, 3.05) is 38.2 Å². The van der Waals surface area contributed by atoms with E-state index in [4.69, 9.17) is 20.7 Å². The van der Waals surface area contributed by atoms with Crippen LogP contribution in [0.25, 0.3) is 11.1 Å². The molecule has 11 nitrogen and oxygen atoms in total. The molecule has 4 N–H and O–H groups in total. The number of ether oxygens (including phenoxy) is 1. The quantitative estimate of drug-likeness (QED) is 0.160. The van der Waals surface area contributed by atoms with E-state index < -0.39 is 17.9 Å². The Labute approximate surface area is 219 Å². The fourth-order valence-corrected chi connectivity index (χ4v) is 3.73. The number of halogens is 1. The van der Waals surface area contributed by atoms with E-state index in [-0.39, 0.29) is 17.7 Å². The first-order valence-corrected chi connectivity index (χ1v) is 11.9. The van der Waals surface area contributed by atoms with Crippen LogP contribution in [0, 0.1) is 11.2 Å². The Balaban J connectivity index is 1.24. The van der Waals surface area contributed by atoms with Crippen molar-refractivity contribution in [1.82, 2.24) is 20.2 Å². The second-order valence-electron chi connectivity index (χ2n) is 8.74. The van der Waals surface area contributed by atoms with Crippen molar-refractivity contribution in [3.8, 4) is 11.1 Å². The molecule has 1 fully saturated rings. The minimum atomic E-state index is -0.937. The number of nitrogens with zero attached hydrogens (tertiary/aromatic N) is 5. The number of nitrogens with one attached hydrogen (secondary N) is 2. The molecule has 0 bridgehead atoms. The summed E-state index contributed by atoms with van der Waals surface area (Å²) in [7, 11) is 2.04. The lowest BCUT2D eigenvalue weighted by Gasteiger charge is -2.31. The molecule has 0 atom stereocenters. The second kappa shape index (κ2) is 12.6. The maximum Gasteiger partial charge on any atom is 0.414 e. The van der Waals surface area contributed by atoms with Crippen LogP contribution in [0.4, 0.5) is 15.1 Å². The molecule has 0 aliphatic carbocycles. The zero-order valence-corrected chi connectivity index (χ0v) is 20.9. The van der Waals surface area contributed by atoms with Crippen molar-refractivity contribution in [1.29, 1.82) is 5.41 Å². The van der Waals surface area contributed by atoms with Crippen molar-refractivity contribution in [3.05, 3.63) is 77.9 Å². The van der Waals surface area contributed by atoms with Crippen LogP contribution in [0.2, 0.25) is 0 Å². The Bertz CT molecular complexity index is 1280. The number of carbonyl (C=O) groups excluding carboxylic acids is 1. The number of guanidine groups is 1. The van der Waals surface area contributed by atoms with Crippen molar-refractivity contribution in [3.63, 3.8) is 0 Å². The first-order chi connectivity index (χ1) is 18.4. The molecule has 1 aliphatic rings. The molecule has 0 unspecified atom stereocenters. The number of amides is 1. The summed E-state index contributed by atoms with van der Waals surface area (Å²) in [5.41, 5.74) is 8.15. The van der Waals surface area contributed by atoms with Gasteiger partial charge >= 0.3 is 6.09 Å². The molecule has 0 saturated carbocycles. The van der Waals surface area contributed by atoms with Gasteiger partial charge in [0.2, 0.25) is 5.95 Å². The SMILES string of the molecule is CN(CCON=C1CN(c2ncc(-c3cccc(COC(=O)NC(=N)N)c3F)cn2)C1)Cc1ccccc1. The number of aromatic nitrogens is 2. The van der Waals surface area contributed by atoms with Crippen LogP contribution in [-0.4, -0.2) is 65.9 Å². The maximum absolute atomic E-state index is 15.0. The average Bonchev–Trinajstić information content (AvgIpc) is 2.87. The zero-order chi connectivity index (χ0) is 26.9. The van der Waals surface area contributed by atoms with Crippen molar-refractivity contribution in [2.45, 2.75) is 13.2 Å². The van der Waals surface area contributed by atoms with Gasteiger partial charge in [-0.2, -0.15) is 0 Å². The average molecular weight is 521 g/mol. The van der Waals surface area contributed by atoms with Crippen LogP contribution in [0.3, 0.4) is 0 Å². The standard InChI is InChI=1S/C26H29FN8O3/c1-34(14-18-6-3-2-4-7-18)10-11-38-33-21-15-35(16-21)25-30-12-20(13-31-25)22-9-5-8-19(23(22)27)17-37-26(36)32-24(28)29/h2-9,12-13H,10-11,14-17H2,1H3,(H4,28,29,32,36). The smallest absolute Gasteiger partial charge is 0.414 e. The fraction of sp³-hybridized carbons (Fsp3) is 0.269. The Hall–Kier alpha value is -4.58. The normalized spacial score (nSPS) is 12.6. The molecule has 12 heteroatoms. The molecule has 2 heterocycles. The van der Waals surface area contributed by atoms with Crippen LogP contribution in [0.5, 0.6) is 0 Å². The first-order valence-electron chi connectivity index (χ1n) is 11.9. The third-order valence-corrected chi connectivity index (χ3v) is 5.71. The molecule has 3 aromatic rings. The van der Waals surface area contributed by atoms with Gasteiger partial charge in [0, 0.05) is 42.2 Å². The number of hydrogen-bond donors (Lipinski definition) is 3. The predicted molar refractivity (Wildman–Crippen MR) is 141 cm³/mol. The Kier molecular flexibility index (Phi) is 8.77. The maximum atomic E-state index is 15.0. The van der Waals surface area contributed by atoms with E-state index >= 15 is 0 Å². The lowest BCUT2D eigenvalue weighted by Crippen LogP contribution is -2.48. The van der Waals surface area contributed by atoms with Gasteiger partial charge in [0.1, 0.15) is 19.0 Å². The van der Waals surface area contributed by atoms with Crippen LogP contribution in [0.1, 0.15) is 11.1 Å². The molecular formula is C26H29FN8O3. The molecule has 2 aromatic carbocycles. The van der Waals surface area contributed by atoms with E-state index in [2.05, 4.69) is 32.2 Å². The molecule has 38 heavy (non-hydrogen) atoms. The van der Waals surface area contributed by atoms with Crippen LogP contribution >= 0.6 is 0 Å². The lowest BCUT2D eigenvalue weighted by atomic mass is 10.1. The van der Waals surface area contributed by atoms with E-state index in [1.807, 2.05) is 35.5 Å². The van der Waals surface area contributed by atoms with Crippen LogP contribution in [-0.2, 0) is 22.7 Å². The van der Waals surface area contributed by atoms with Gasteiger partial charge in [-0.25, -0.2) is 19.2 Å². The van der Waals surface area contributed by atoms with Gasteiger partial charge in [0.15, 0.2) is 5.96 Å². The Morgan fingerprint density at radius 1 is 1.18 bits per heavy atom. The number of anilines is 1. The van der Waals surface area contributed by atoms with Crippen LogP contribution in [0.15, 0.2) is 66.1 Å². The first kappa shape index (κ1) is 26.5. The topological polar surface area (TPSA) is 142 Å². The number of hydrogen-bond acceptors (Lipinski definition) is 9. The largest absolute Gasteiger partial charge is 0.444 e. The number of nitrogens with two attached hydrogens (primary N) is 1. The van der Waals surface area contributed by atoms with E-state index in [1.54, 1.807) is 24.5 Å². The molecule has 1 aliphatic heterocycles. The van der Waals surface area contributed by atoms with E-state index in [1.165, 1.54) is 11.6 Å². The number of carbonyl (C=O) groups is 1. The van der Waals surface area contributed by atoms with Crippen LogP contribution < -0.4 is 16.0 Å². The summed E-state index contributed by atoms with van der Waals surface area (Å²) in [4.78, 5) is 29.8. The van der Waals surface area contributed by atoms with Gasteiger partial charge in [0.25, 0.3) is 0 Å². The molecule has 4 rings (SSSR count). The predicted octanol–water partition coefficient (Wildman–Crippen LogP) is 2.73. The minimum Gasteiger partial charge on any atom is -0.444 e. The van der Waals surface area contributed by atoms with Gasteiger partial charge in [-0.3, -0.25) is 15.6 Å². The molecule has 1 amide bonds. The summed E-state index contributed by atoms with van der Waals surface area (Å²) >= 11 is 0. The number of benzene rings is 2. The summed E-state index contributed by atoms with van der Waals surface area (Å²) < 4.78 is 19.9. The number of likely N-dealkylation sites (N-methyl/N-ethyl adjacent to an activating group) is 1. The molecule has 1 saturated heterocycles. The summed E-state index contributed by atoms with van der Waals surface area (Å²) in [6.07, 6.45) is 2.15. The summed E-state index contributed by atoms with van der Waals surface area (Å²) in [6.45, 7) is 2.90. The van der Waals surface area contributed by atoms with Crippen molar-refractivity contribution >= 4 is 23.7 Å². The highest BCUT2D eigenvalue weighted by Crippen LogP contribution is 2.26. The molecule has 198 valence electrons. The molecule has 0 radical (unpaired) electrons. The monoisotopic (exact) mass is 520 g/mol. The Morgan fingerprint density at radius 3 is 2.63 bits per heavy atom. The third kappa shape index (κ3) is 7.23. The van der Waals surface area contributed by atoms with Gasteiger partial charge in [-0.05, 0) is 12.6 Å². The highest BCUT2D eigenvalue weighted by Gasteiger charge is 2.25. The lowest BCUT2D eigenvalue weighted by molar-refractivity contribution is 0.116. The van der Waals surface area contributed by atoms with Crippen molar-refractivity contribution in [2.24, 2.45) is 10.9 Å². The summed E-state index contributed by atoms with van der Waals surface area (Å²) in [5, 5.41) is 13.2. The summed E-state index contributed by atoms with van der Waals surface area (Å²) in [5.74, 6) is -0.600. The zero-order valence-electron chi connectivity index (χ0n) is 20.9. The summed E-state index contributed by atoms with van der Waals surface area (Å²) in [6, 6.07) is 15.0. The van der Waals surface area contributed by atoms with E-state index in [0.29, 0.717) is 31.2 Å². The van der Waals surface area contributed by atoms with Gasteiger partial charge in [0.05, 0.1) is 18.8 Å². The minimum absolute atomic E-state index is 0.167. The van der Waals surface area contributed by atoms with Gasteiger partial charge < -0.3 is 20.2 Å². The number of alkyl carbamates (subject to hydrolysis) is 1. The molecule has 0 spiro atoms. The highest BCUT2D eigenvalue weighted by molar-refractivity contribution is 5.98. The van der Waals surface area contributed by atoms with Gasteiger partial charge in [-0.15, -0.1) is 0 Å².